The maximum absolute atomic E-state index is 12.9. The Kier molecular flexibility index (Phi) is 6.15. The van der Waals surface area contributed by atoms with Crippen molar-refractivity contribution in [3.05, 3.63) is 65.5 Å². The van der Waals surface area contributed by atoms with Crippen molar-refractivity contribution < 1.29 is 13.9 Å². The quantitative estimate of drug-likeness (QED) is 0.851. The standard InChI is InChI=1S/C19H22FNO2/c1-14(12-16-6-8-17(20)9-7-16)19(22)21-11-10-15-4-3-5-18(13-15)23-2/h3-9,13-14H,10-12H2,1-2H3,(H,21,22). The number of hydrogen-bond acceptors (Lipinski definition) is 2. The zero-order valence-corrected chi connectivity index (χ0v) is 13.5. The van der Waals surface area contributed by atoms with Gasteiger partial charge in [-0.3, -0.25) is 4.79 Å². The lowest BCUT2D eigenvalue weighted by atomic mass is 10.0. The number of rotatable bonds is 7. The maximum Gasteiger partial charge on any atom is 0.223 e. The molecule has 122 valence electrons. The molecule has 4 heteroatoms. The summed E-state index contributed by atoms with van der Waals surface area (Å²) in [5, 5.41) is 2.95. The summed E-state index contributed by atoms with van der Waals surface area (Å²) in [6.07, 6.45) is 1.36. The fraction of sp³-hybridized carbons (Fsp3) is 0.316. The minimum absolute atomic E-state index is 0.0113. The molecule has 23 heavy (non-hydrogen) atoms. The average Bonchev–Trinajstić information content (AvgIpc) is 2.57. The van der Waals surface area contributed by atoms with Gasteiger partial charge in [-0.05, 0) is 48.2 Å². The van der Waals surface area contributed by atoms with Gasteiger partial charge in [0.25, 0.3) is 0 Å². The molecule has 0 heterocycles. The topological polar surface area (TPSA) is 38.3 Å². The van der Waals surface area contributed by atoms with Crippen molar-refractivity contribution in [3.8, 4) is 5.75 Å². The van der Waals surface area contributed by atoms with Gasteiger partial charge in [0, 0.05) is 12.5 Å². The normalized spacial score (nSPS) is 11.8. The molecule has 0 saturated heterocycles. The first-order chi connectivity index (χ1) is 11.1. The van der Waals surface area contributed by atoms with Crippen molar-refractivity contribution in [1.29, 1.82) is 0 Å². The molecule has 2 aromatic rings. The number of nitrogens with one attached hydrogen (secondary N) is 1. The zero-order valence-electron chi connectivity index (χ0n) is 13.5. The molecular weight excluding hydrogens is 293 g/mol. The number of amides is 1. The Labute approximate surface area is 136 Å². The minimum Gasteiger partial charge on any atom is -0.497 e. The number of benzene rings is 2. The van der Waals surface area contributed by atoms with Crippen LogP contribution < -0.4 is 10.1 Å². The first-order valence-electron chi connectivity index (χ1n) is 7.73. The first-order valence-corrected chi connectivity index (χ1v) is 7.73. The monoisotopic (exact) mass is 315 g/mol. The van der Waals surface area contributed by atoms with Crippen LogP contribution in [0, 0.1) is 11.7 Å². The Balaban J connectivity index is 1.78. The molecular formula is C19H22FNO2. The van der Waals surface area contributed by atoms with E-state index in [1.165, 1.54) is 12.1 Å². The summed E-state index contributed by atoms with van der Waals surface area (Å²) >= 11 is 0. The summed E-state index contributed by atoms with van der Waals surface area (Å²) in [7, 11) is 1.64. The van der Waals surface area contributed by atoms with Gasteiger partial charge in [-0.2, -0.15) is 0 Å². The van der Waals surface area contributed by atoms with Gasteiger partial charge < -0.3 is 10.1 Å². The van der Waals surface area contributed by atoms with Crippen LogP contribution in [0.3, 0.4) is 0 Å². The van der Waals surface area contributed by atoms with Crippen LogP contribution in [0.5, 0.6) is 5.75 Å². The third-order valence-electron chi connectivity index (χ3n) is 3.75. The highest BCUT2D eigenvalue weighted by Crippen LogP contribution is 2.13. The largest absolute Gasteiger partial charge is 0.497 e. The fourth-order valence-electron chi connectivity index (χ4n) is 2.40. The van der Waals surface area contributed by atoms with Gasteiger partial charge >= 0.3 is 0 Å². The van der Waals surface area contributed by atoms with Gasteiger partial charge in [0.2, 0.25) is 5.91 Å². The molecule has 1 N–H and O–H groups in total. The number of halogens is 1. The second kappa shape index (κ2) is 8.32. The summed E-state index contributed by atoms with van der Waals surface area (Å²) < 4.78 is 18.1. The highest BCUT2D eigenvalue weighted by atomic mass is 19.1. The Morgan fingerprint density at radius 1 is 1.17 bits per heavy atom. The van der Waals surface area contributed by atoms with Crippen molar-refractivity contribution in [1.82, 2.24) is 5.32 Å². The summed E-state index contributed by atoms with van der Waals surface area (Å²) in [4.78, 5) is 12.1. The van der Waals surface area contributed by atoms with Crippen LogP contribution in [0.1, 0.15) is 18.1 Å². The molecule has 0 aliphatic carbocycles. The molecule has 0 aromatic heterocycles. The second-order valence-corrected chi connectivity index (χ2v) is 5.62. The lowest BCUT2D eigenvalue weighted by Crippen LogP contribution is -2.31. The Morgan fingerprint density at radius 2 is 1.91 bits per heavy atom. The third-order valence-corrected chi connectivity index (χ3v) is 3.75. The number of carbonyl (C=O) groups excluding carboxylic acids is 1. The van der Waals surface area contributed by atoms with Crippen LogP contribution in [0.2, 0.25) is 0 Å². The van der Waals surface area contributed by atoms with E-state index in [2.05, 4.69) is 5.32 Å². The fourth-order valence-corrected chi connectivity index (χ4v) is 2.40. The predicted octanol–water partition coefficient (Wildman–Crippen LogP) is 3.37. The Bertz CT molecular complexity index is 640. The zero-order chi connectivity index (χ0) is 16.7. The van der Waals surface area contributed by atoms with Gasteiger partial charge in [-0.15, -0.1) is 0 Å². The number of ether oxygens (including phenoxy) is 1. The van der Waals surface area contributed by atoms with Gasteiger partial charge in [0.15, 0.2) is 0 Å². The van der Waals surface area contributed by atoms with Crippen molar-refractivity contribution >= 4 is 5.91 Å². The van der Waals surface area contributed by atoms with E-state index >= 15 is 0 Å². The van der Waals surface area contributed by atoms with Crippen LogP contribution >= 0.6 is 0 Å². The molecule has 0 spiro atoms. The van der Waals surface area contributed by atoms with Crippen molar-refractivity contribution in [3.63, 3.8) is 0 Å². The molecule has 2 rings (SSSR count). The predicted molar refractivity (Wildman–Crippen MR) is 89.0 cm³/mol. The lowest BCUT2D eigenvalue weighted by molar-refractivity contribution is -0.124. The van der Waals surface area contributed by atoms with Crippen LogP contribution in [-0.2, 0) is 17.6 Å². The molecule has 0 radical (unpaired) electrons. The van der Waals surface area contributed by atoms with E-state index in [4.69, 9.17) is 4.74 Å². The molecule has 0 bridgehead atoms. The van der Waals surface area contributed by atoms with Crippen molar-refractivity contribution in [2.45, 2.75) is 19.8 Å². The third kappa shape index (κ3) is 5.40. The van der Waals surface area contributed by atoms with Crippen LogP contribution in [0.15, 0.2) is 48.5 Å². The van der Waals surface area contributed by atoms with E-state index in [-0.39, 0.29) is 17.6 Å². The van der Waals surface area contributed by atoms with Crippen molar-refractivity contribution in [2.75, 3.05) is 13.7 Å². The van der Waals surface area contributed by atoms with Gasteiger partial charge in [0.05, 0.1) is 7.11 Å². The van der Waals surface area contributed by atoms with Crippen molar-refractivity contribution in [2.24, 2.45) is 5.92 Å². The first kappa shape index (κ1) is 17.0. The number of methoxy groups -OCH3 is 1. The van der Waals surface area contributed by atoms with Gasteiger partial charge in [0.1, 0.15) is 11.6 Å². The summed E-state index contributed by atoms with van der Waals surface area (Å²) in [5.41, 5.74) is 2.08. The van der Waals surface area contributed by atoms with E-state index < -0.39 is 0 Å². The molecule has 1 unspecified atom stereocenters. The Hall–Kier alpha value is -2.36. The lowest BCUT2D eigenvalue weighted by Gasteiger charge is -2.12. The SMILES string of the molecule is COc1cccc(CCNC(=O)C(C)Cc2ccc(F)cc2)c1. The molecule has 3 nitrogen and oxygen atoms in total. The minimum atomic E-state index is -0.260. The van der Waals surface area contributed by atoms with Crippen LogP contribution in [0.25, 0.3) is 0 Å². The molecule has 0 saturated carbocycles. The smallest absolute Gasteiger partial charge is 0.223 e. The van der Waals surface area contributed by atoms with E-state index in [0.29, 0.717) is 13.0 Å². The molecule has 0 aliphatic heterocycles. The van der Waals surface area contributed by atoms with E-state index in [1.807, 2.05) is 31.2 Å². The number of hydrogen-bond donors (Lipinski definition) is 1. The summed E-state index contributed by atoms with van der Waals surface area (Å²) in [6, 6.07) is 14.1. The van der Waals surface area contributed by atoms with Crippen LogP contribution in [0.4, 0.5) is 4.39 Å². The van der Waals surface area contributed by atoms with Crippen LogP contribution in [-0.4, -0.2) is 19.6 Å². The molecule has 1 atom stereocenters. The highest BCUT2D eigenvalue weighted by molar-refractivity contribution is 5.78. The van der Waals surface area contributed by atoms with Gasteiger partial charge in [-0.1, -0.05) is 31.2 Å². The highest BCUT2D eigenvalue weighted by Gasteiger charge is 2.13. The van der Waals surface area contributed by atoms with Gasteiger partial charge in [-0.25, -0.2) is 4.39 Å². The van der Waals surface area contributed by atoms with E-state index in [1.54, 1.807) is 19.2 Å². The molecule has 2 aromatic carbocycles. The maximum atomic E-state index is 12.9. The van der Waals surface area contributed by atoms with E-state index in [0.717, 1.165) is 23.3 Å². The second-order valence-electron chi connectivity index (χ2n) is 5.62. The summed E-state index contributed by atoms with van der Waals surface area (Å²) in [6.45, 7) is 2.46. The molecule has 1 amide bonds. The molecule has 0 aliphatic rings. The summed E-state index contributed by atoms with van der Waals surface area (Å²) in [5.74, 6) is 0.422. The Morgan fingerprint density at radius 3 is 2.61 bits per heavy atom. The van der Waals surface area contributed by atoms with E-state index in [9.17, 15) is 9.18 Å². The number of carbonyl (C=O) groups is 1. The average molecular weight is 315 g/mol. The molecule has 0 fully saturated rings.